The van der Waals surface area contributed by atoms with Crippen LogP contribution in [0.3, 0.4) is 0 Å². The molecule has 0 heterocycles. The summed E-state index contributed by atoms with van der Waals surface area (Å²) in [5, 5.41) is 0. The highest BCUT2D eigenvalue weighted by Crippen LogP contribution is 2.63. The quantitative estimate of drug-likeness (QED) is 0.506. The van der Waals surface area contributed by atoms with Crippen molar-refractivity contribution in [1.82, 2.24) is 0 Å². The van der Waals surface area contributed by atoms with Crippen molar-refractivity contribution in [2.45, 2.75) is 109 Å². The lowest BCUT2D eigenvalue weighted by atomic mass is 9.72. The minimum absolute atomic E-state index is 0.209. The predicted molar refractivity (Wildman–Crippen MR) is 124 cm³/mol. The summed E-state index contributed by atoms with van der Waals surface area (Å²) in [6.07, 6.45) is 10.1. The Morgan fingerprint density at radius 3 is 1.55 bits per heavy atom. The first-order valence-electron chi connectivity index (χ1n) is 12.1. The van der Waals surface area contributed by atoms with Gasteiger partial charge in [0.25, 0.3) is 0 Å². The van der Waals surface area contributed by atoms with Gasteiger partial charge in [-0.25, -0.2) is 0 Å². The van der Waals surface area contributed by atoms with Gasteiger partial charge in [-0.2, -0.15) is 0 Å². The fraction of sp³-hybridized carbons (Fsp3) is 0.586. The molecule has 1 spiro atoms. The highest BCUT2D eigenvalue weighted by Gasteiger charge is 2.56. The maximum atomic E-state index is 2.67. The van der Waals surface area contributed by atoms with Crippen LogP contribution in [0.1, 0.15) is 112 Å². The van der Waals surface area contributed by atoms with Gasteiger partial charge in [0.05, 0.1) is 0 Å². The Labute approximate surface area is 178 Å². The maximum Gasteiger partial charge on any atom is 0.0225 e. The highest BCUT2D eigenvalue weighted by atomic mass is 14.6. The summed E-state index contributed by atoms with van der Waals surface area (Å²) >= 11 is 0. The smallest absolute Gasteiger partial charge is 0.0225 e. The molecule has 0 saturated heterocycles. The average Bonchev–Trinajstić information content (AvgIpc) is 3.04. The average molecular weight is 387 g/mol. The van der Waals surface area contributed by atoms with Gasteiger partial charge in [0, 0.05) is 5.41 Å². The first kappa shape index (κ1) is 19.4. The summed E-state index contributed by atoms with van der Waals surface area (Å²) in [6.45, 7) is 14.6. The Hall–Kier alpha value is -1.56. The summed E-state index contributed by atoms with van der Waals surface area (Å²) in [7, 11) is 0. The number of benzene rings is 2. The Morgan fingerprint density at radius 2 is 1.03 bits per heavy atom. The van der Waals surface area contributed by atoms with E-state index < -0.39 is 0 Å². The molecule has 3 aliphatic rings. The Balaban J connectivity index is 1.79. The van der Waals surface area contributed by atoms with Crippen molar-refractivity contribution >= 4 is 0 Å². The van der Waals surface area contributed by atoms with Crippen LogP contribution in [0.4, 0.5) is 0 Å². The van der Waals surface area contributed by atoms with E-state index in [1.165, 1.54) is 38.5 Å². The van der Waals surface area contributed by atoms with Crippen molar-refractivity contribution in [3.63, 3.8) is 0 Å². The van der Waals surface area contributed by atoms with Crippen LogP contribution < -0.4 is 0 Å². The molecule has 0 aliphatic heterocycles. The van der Waals surface area contributed by atoms with Crippen LogP contribution in [-0.4, -0.2) is 0 Å². The second-order valence-corrected chi connectivity index (χ2v) is 11.5. The largest absolute Gasteiger partial charge is 0.0613 e. The lowest BCUT2D eigenvalue weighted by molar-refractivity contribution is 0.349. The zero-order valence-electron chi connectivity index (χ0n) is 19.5. The van der Waals surface area contributed by atoms with Gasteiger partial charge >= 0.3 is 0 Å². The van der Waals surface area contributed by atoms with E-state index in [0.717, 1.165) is 12.8 Å². The molecule has 0 aromatic heterocycles. The van der Waals surface area contributed by atoms with Crippen LogP contribution in [-0.2, 0) is 41.9 Å². The van der Waals surface area contributed by atoms with Crippen LogP contribution in [0.5, 0.6) is 0 Å². The molecule has 0 bridgehead atoms. The SMILES string of the molecule is CCc1cc2c(cc1CC)C1(CC2(C)C)CC(C)(C)c2cc3c(cc21)CCCC3. The summed E-state index contributed by atoms with van der Waals surface area (Å²) in [6, 6.07) is 10.5. The second kappa shape index (κ2) is 6.22. The molecule has 1 atom stereocenters. The third-order valence-corrected chi connectivity index (χ3v) is 8.56. The molecule has 0 amide bonds. The zero-order chi connectivity index (χ0) is 20.6. The van der Waals surface area contributed by atoms with Crippen molar-refractivity contribution in [2.24, 2.45) is 0 Å². The van der Waals surface area contributed by atoms with Crippen LogP contribution >= 0.6 is 0 Å². The predicted octanol–water partition coefficient (Wildman–Crippen LogP) is 7.34. The summed E-state index contributed by atoms with van der Waals surface area (Å²) in [4.78, 5) is 0. The van der Waals surface area contributed by atoms with Crippen LogP contribution in [0.25, 0.3) is 0 Å². The molecule has 0 saturated carbocycles. The molecule has 0 radical (unpaired) electrons. The molecular weight excluding hydrogens is 348 g/mol. The van der Waals surface area contributed by atoms with Crippen LogP contribution in [0, 0.1) is 0 Å². The van der Waals surface area contributed by atoms with Gasteiger partial charge in [0.1, 0.15) is 0 Å². The minimum Gasteiger partial charge on any atom is -0.0613 e. The molecule has 0 heteroatoms. The van der Waals surface area contributed by atoms with E-state index in [4.69, 9.17) is 0 Å². The van der Waals surface area contributed by atoms with E-state index in [9.17, 15) is 0 Å². The van der Waals surface area contributed by atoms with E-state index in [1.807, 2.05) is 0 Å². The molecule has 2 aromatic carbocycles. The minimum atomic E-state index is 0.209. The highest BCUT2D eigenvalue weighted by molar-refractivity contribution is 5.62. The fourth-order valence-corrected chi connectivity index (χ4v) is 7.33. The number of rotatable bonds is 2. The molecule has 3 aliphatic carbocycles. The Morgan fingerprint density at radius 1 is 0.621 bits per heavy atom. The first-order valence-corrected chi connectivity index (χ1v) is 12.1. The Bertz CT molecular complexity index is 922. The second-order valence-electron chi connectivity index (χ2n) is 11.5. The molecule has 0 N–H and O–H groups in total. The first-order chi connectivity index (χ1) is 13.7. The summed E-state index contributed by atoms with van der Waals surface area (Å²) < 4.78 is 0. The van der Waals surface area contributed by atoms with Gasteiger partial charge in [0.2, 0.25) is 0 Å². The monoisotopic (exact) mass is 386 g/mol. The summed E-state index contributed by atoms with van der Waals surface area (Å²) in [5.74, 6) is 0. The van der Waals surface area contributed by atoms with Crippen molar-refractivity contribution in [3.05, 3.63) is 68.8 Å². The normalized spacial score (nSPS) is 25.7. The molecular formula is C29H38. The number of fused-ring (bicyclic) bond motifs is 5. The van der Waals surface area contributed by atoms with E-state index in [0.29, 0.717) is 0 Å². The van der Waals surface area contributed by atoms with E-state index >= 15 is 0 Å². The van der Waals surface area contributed by atoms with Gasteiger partial charge < -0.3 is 0 Å². The topological polar surface area (TPSA) is 0 Å². The van der Waals surface area contributed by atoms with Crippen molar-refractivity contribution < 1.29 is 0 Å². The summed E-state index contributed by atoms with van der Waals surface area (Å²) in [5.41, 5.74) is 13.8. The standard InChI is InChI=1S/C29H38/c1-7-19-13-23-25(14-20(19)8-2)29(17-27(23,3)4)18-28(5,6)24-15-21-11-9-10-12-22(21)16-26(24)29/h13-16H,7-12,17-18H2,1-6H3. The van der Waals surface area contributed by atoms with Gasteiger partial charge in [-0.1, -0.05) is 65.8 Å². The molecule has 5 rings (SSSR count). The number of hydrogen-bond acceptors (Lipinski definition) is 0. The van der Waals surface area contributed by atoms with Crippen molar-refractivity contribution in [2.75, 3.05) is 0 Å². The third-order valence-electron chi connectivity index (χ3n) is 8.56. The third kappa shape index (κ3) is 2.63. The van der Waals surface area contributed by atoms with E-state index in [1.54, 1.807) is 44.5 Å². The fourth-order valence-electron chi connectivity index (χ4n) is 7.33. The number of aryl methyl sites for hydroxylation is 4. The number of hydrogen-bond donors (Lipinski definition) is 0. The van der Waals surface area contributed by atoms with Crippen molar-refractivity contribution in [1.29, 1.82) is 0 Å². The molecule has 0 fully saturated rings. The van der Waals surface area contributed by atoms with Crippen molar-refractivity contribution in [3.8, 4) is 0 Å². The lowest BCUT2D eigenvalue weighted by Crippen LogP contribution is -2.27. The van der Waals surface area contributed by atoms with Gasteiger partial charge in [-0.15, -0.1) is 0 Å². The van der Waals surface area contributed by atoms with Crippen LogP contribution in [0.2, 0.25) is 0 Å². The molecule has 29 heavy (non-hydrogen) atoms. The molecule has 2 aromatic rings. The van der Waals surface area contributed by atoms with E-state index in [-0.39, 0.29) is 16.2 Å². The Kier molecular flexibility index (Phi) is 4.16. The van der Waals surface area contributed by atoms with Crippen LogP contribution in [0.15, 0.2) is 24.3 Å². The maximum absolute atomic E-state index is 2.67. The molecule has 154 valence electrons. The molecule has 1 unspecified atom stereocenters. The van der Waals surface area contributed by atoms with E-state index in [2.05, 4.69) is 65.8 Å². The molecule has 0 nitrogen and oxygen atoms in total. The van der Waals surface area contributed by atoms with Gasteiger partial charge in [-0.3, -0.25) is 0 Å². The zero-order valence-corrected chi connectivity index (χ0v) is 19.5. The van der Waals surface area contributed by atoms with Gasteiger partial charge in [-0.05, 0) is 107 Å². The van der Waals surface area contributed by atoms with Gasteiger partial charge in [0.15, 0.2) is 0 Å². The lowest BCUT2D eigenvalue weighted by Gasteiger charge is -2.31.